The second-order valence-corrected chi connectivity index (χ2v) is 8.45. The second kappa shape index (κ2) is 7.73. The molecule has 4 aromatic rings. The topological polar surface area (TPSA) is 72.2 Å². The molecule has 0 unspecified atom stereocenters. The summed E-state index contributed by atoms with van der Waals surface area (Å²) >= 11 is 2.95. The number of aromatic nitrogens is 4. The number of hydrogen-bond acceptors (Lipinski definition) is 6. The van der Waals surface area contributed by atoms with Crippen LogP contribution in [0, 0.1) is 20.8 Å². The number of amides is 1. The molecule has 1 N–H and O–H groups in total. The molecule has 0 spiro atoms. The average Bonchev–Trinajstić information content (AvgIpc) is 3.32. The van der Waals surface area contributed by atoms with Gasteiger partial charge < -0.3 is 5.32 Å². The fraction of sp³-hybridized carbons (Fsp3) is 0.200. The first kappa shape index (κ1) is 18.6. The van der Waals surface area contributed by atoms with Gasteiger partial charge in [-0.3, -0.25) is 4.79 Å². The zero-order valence-corrected chi connectivity index (χ0v) is 17.4. The van der Waals surface area contributed by atoms with Crippen molar-refractivity contribution in [2.75, 3.05) is 11.1 Å². The van der Waals surface area contributed by atoms with E-state index >= 15 is 0 Å². The Morgan fingerprint density at radius 1 is 1.14 bits per heavy atom. The van der Waals surface area contributed by atoms with Gasteiger partial charge in [0.25, 0.3) is 0 Å². The summed E-state index contributed by atoms with van der Waals surface area (Å²) in [5, 5.41) is 18.6. The molecule has 3 aromatic heterocycles. The summed E-state index contributed by atoms with van der Waals surface area (Å²) in [6.45, 7) is 6.06. The van der Waals surface area contributed by atoms with Crippen molar-refractivity contribution in [2.45, 2.75) is 25.9 Å². The number of thiophene rings is 1. The van der Waals surface area contributed by atoms with Crippen molar-refractivity contribution < 1.29 is 4.79 Å². The first-order valence-electron chi connectivity index (χ1n) is 8.78. The minimum absolute atomic E-state index is 0.0776. The minimum Gasteiger partial charge on any atom is -0.325 e. The average molecular weight is 410 g/mol. The highest BCUT2D eigenvalue weighted by atomic mass is 32.2. The maximum Gasteiger partial charge on any atom is 0.234 e. The molecule has 4 rings (SSSR count). The molecule has 0 aliphatic rings. The largest absolute Gasteiger partial charge is 0.325 e. The molecular weight excluding hydrogens is 390 g/mol. The predicted octanol–water partition coefficient (Wildman–Crippen LogP) is 4.51. The fourth-order valence-corrected chi connectivity index (χ4v) is 4.48. The van der Waals surface area contributed by atoms with E-state index in [0.29, 0.717) is 10.8 Å². The van der Waals surface area contributed by atoms with Crippen LogP contribution in [0.2, 0.25) is 0 Å². The summed E-state index contributed by atoms with van der Waals surface area (Å²) in [5.41, 5.74) is 5.70. The first-order chi connectivity index (χ1) is 13.5. The van der Waals surface area contributed by atoms with Crippen LogP contribution >= 0.6 is 23.1 Å². The molecule has 0 saturated heterocycles. The third kappa shape index (κ3) is 3.79. The second-order valence-electron chi connectivity index (χ2n) is 6.56. The molecule has 0 aliphatic heterocycles. The van der Waals surface area contributed by atoms with E-state index in [1.54, 1.807) is 15.9 Å². The molecule has 0 aliphatic carbocycles. The zero-order valence-electron chi connectivity index (χ0n) is 15.8. The molecule has 28 heavy (non-hydrogen) atoms. The highest BCUT2D eigenvalue weighted by molar-refractivity contribution is 7.99. The summed E-state index contributed by atoms with van der Waals surface area (Å²) < 4.78 is 1.69. The number of thioether (sulfide) groups is 1. The summed E-state index contributed by atoms with van der Waals surface area (Å²) in [5.74, 6) is 0.157. The highest BCUT2D eigenvalue weighted by Gasteiger charge is 2.13. The number of aryl methyl sites for hydroxylation is 3. The lowest BCUT2D eigenvalue weighted by Gasteiger charge is -2.12. The Kier molecular flexibility index (Phi) is 5.15. The molecular formula is C20H19N5OS2. The summed E-state index contributed by atoms with van der Waals surface area (Å²) in [6, 6.07) is 12.0. The number of nitrogens with one attached hydrogen (secondary N) is 1. The van der Waals surface area contributed by atoms with E-state index in [1.165, 1.54) is 17.3 Å². The molecule has 6 nitrogen and oxygen atoms in total. The van der Waals surface area contributed by atoms with Crippen molar-refractivity contribution >= 4 is 40.3 Å². The highest BCUT2D eigenvalue weighted by Crippen LogP contribution is 2.25. The molecule has 142 valence electrons. The van der Waals surface area contributed by atoms with Gasteiger partial charge in [0.15, 0.2) is 5.65 Å². The van der Waals surface area contributed by atoms with Gasteiger partial charge in [-0.25, -0.2) is 0 Å². The Hall–Kier alpha value is -2.71. The maximum atomic E-state index is 12.5. The molecule has 8 heteroatoms. The van der Waals surface area contributed by atoms with Crippen LogP contribution in [0.5, 0.6) is 0 Å². The van der Waals surface area contributed by atoms with Crippen LogP contribution in [0.1, 0.15) is 16.7 Å². The van der Waals surface area contributed by atoms with Crippen molar-refractivity contribution in [1.82, 2.24) is 19.8 Å². The van der Waals surface area contributed by atoms with Crippen LogP contribution in [0.3, 0.4) is 0 Å². The quantitative estimate of drug-likeness (QED) is 0.491. The van der Waals surface area contributed by atoms with Crippen molar-refractivity contribution in [2.24, 2.45) is 0 Å². The Bertz CT molecular complexity index is 1130. The van der Waals surface area contributed by atoms with Crippen LogP contribution in [0.15, 0.2) is 46.9 Å². The van der Waals surface area contributed by atoms with Crippen molar-refractivity contribution in [3.63, 3.8) is 0 Å². The van der Waals surface area contributed by atoms with Gasteiger partial charge in [-0.15, -0.1) is 21.5 Å². The monoisotopic (exact) mass is 409 g/mol. The Morgan fingerprint density at radius 3 is 2.64 bits per heavy atom. The van der Waals surface area contributed by atoms with Gasteiger partial charge in [-0.2, -0.15) is 9.61 Å². The van der Waals surface area contributed by atoms with E-state index in [-0.39, 0.29) is 11.7 Å². The SMILES string of the molecule is Cc1cc(C)c(NC(=O)CSc2nnc3ccc(-c4cccs4)nn23)c(C)c1. The number of carbonyl (C=O) groups excluding carboxylic acids is 1. The molecule has 0 bridgehead atoms. The van der Waals surface area contributed by atoms with Gasteiger partial charge in [0.05, 0.1) is 10.6 Å². The number of anilines is 1. The van der Waals surface area contributed by atoms with Gasteiger partial charge in [-0.05, 0) is 55.5 Å². The van der Waals surface area contributed by atoms with Crippen LogP contribution < -0.4 is 5.32 Å². The molecule has 1 aromatic carbocycles. The summed E-state index contributed by atoms with van der Waals surface area (Å²) in [6.07, 6.45) is 0. The lowest BCUT2D eigenvalue weighted by Crippen LogP contribution is -2.16. The maximum absolute atomic E-state index is 12.5. The molecule has 0 fully saturated rings. The van der Waals surface area contributed by atoms with E-state index in [4.69, 9.17) is 0 Å². The van der Waals surface area contributed by atoms with Crippen LogP contribution in [-0.4, -0.2) is 31.5 Å². The van der Waals surface area contributed by atoms with Crippen molar-refractivity contribution in [1.29, 1.82) is 0 Å². The summed E-state index contributed by atoms with van der Waals surface area (Å²) in [7, 11) is 0. The molecule has 1 amide bonds. The van der Waals surface area contributed by atoms with E-state index in [2.05, 4.69) is 39.7 Å². The number of rotatable bonds is 5. The Balaban J connectivity index is 1.50. The number of fused-ring (bicyclic) bond motifs is 1. The Labute approximate surface area is 171 Å². The lowest BCUT2D eigenvalue weighted by molar-refractivity contribution is -0.113. The van der Waals surface area contributed by atoms with Gasteiger partial charge >= 0.3 is 0 Å². The number of nitrogens with zero attached hydrogens (tertiary/aromatic N) is 4. The minimum atomic E-state index is -0.0776. The molecule has 3 heterocycles. The predicted molar refractivity (Wildman–Crippen MR) is 114 cm³/mol. The smallest absolute Gasteiger partial charge is 0.234 e. The van der Waals surface area contributed by atoms with E-state index in [0.717, 1.165) is 27.4 Å². The first-order valence-corrected chi connectivity index (χ1v) is 10.6. The number of benzene rings is 1. The van der Waals surface area contributed by atoms with Gasteiger partial charge in [-0.1, -0.05) is 35.5 Å². The van der Waals surface area contributed by atoms with Crippen molar-refractivity contribution in [3.8, 4) is 10.6 Å². The molecule has 0 radical (unpaired) electrons. The fourth-order valence-electron chi connectivity index (χ4n) is 3.10. The third-order valence-corrected chi connectivity index (χ3v) is 6.09. The number of carbonyl (C=O) groups is 1. The van der Waals surface area contributed by atoms with Gasteiger partial charge in [0, 0.05) is 5.69 Å². The molecule has 0 saturated carbocycles. The van der Waals surface area contributed by atoms with E-state index in [9.17, 15) is 4.79 Å². The van der Waals surface area contributed by atoms with Crippen LogP contribution in [-0.2, 0) is 4.79 Å². The third-order valence-electron chi connectivity index (χ3n) is 4.28. The summed E-state index contributed by atoms with van der Waals surface area (Å²) in [4.78, 5) is 13.6. The standard InChI is InChI=1S/C20H19N5OS2/c1-12-9-13(2)19(14(3)10-12)21-18(26)11-28-20-23-22-17-7-6-15(24-25(17)20)16-5-4-8-27-16/h4-10H,11H2,1-3H3,(H,21,26). The van der Waals surface area contributed by atoms with Crippen molar-refractivity contribution in [3.05, 3.63) is 58.5 Å². The zero-order chi connectivity index (χ0) is 19.7. The normalized spacial score (nSPS) is 11.1. The Morgan fingerprint density at radius 2 is 1.93 bits per heavy atom. The van der Waals surface area contributed by atoms with Crippen LogP contribution in [0.4, 0.5) is 5.69 Å². The van der Waals surface area contributed by atoms with E-state index < -0.39 is 0 Å². The van der Waals surface area contributed by atoms with Gasteiger partial charge in [0.2, 0.25) is 11.1 Å². The number of hydrogen-bond donors (Lipinski definition) is 1. The molecule has 0 atom stereocenters. The van der Waals surface area contributed by atoms with Crippen LogP contribution in [0.25, 0.3) is 16.2 Å². The van der Waals surface area contributed by atoms with E-state index in [1.807, 2.05) is 43.5 Å². The van der Waals surface area contributed by atoms with Gasteiger partial charge in [0.1, 0.15) is 5.69 Å². The lowest BCUT2D eigenvalue weighted by atomic mass is 10.1.